The molecule has 1 saturated heterocycles. The largest absolute Gasteiger partial charge is 0.378 e. The molecule has 0 radical (unpaired) electrons. The maximum atomic E-state index is 12.6. The van der Waals surface area contributed by atoms with E-state index < -0.39 is 10.0 Å². The number of carbonyl (C=O) groups is 1. The van der Waals surface area contributed by atoms with E-state index in [1.54, 1.807) is 30.9 Å². The summed E-state index contributed by atoms with van der Waals surface area (Å²) in [6, 6.07) is 5.90. The lowest BCUT2D eigenvalue weighted by atomic mass is 10.1. The topological polar surface area (TPSA) is 102 Å². The third-order valence-electron chi connectivity index (χ3n) is 4.23. The van der Waals surface area contributed by atoms with E-state index in [9.17, 15) is 13.2 Å². The number of rotatable bonds is 8. The van der Waals surface area contributed by atoms with Gasteiger partial charge in [0.15, 0.2) is 0 Å². The molecular formula is C18H30ClN3O4S. The van der Waals surface area contributed by atoms with E-state index in [2.05, 4.69) is 4.72 Å². The van der Waals surface area contributed by atoms with E-state index in [0.717, 1.165) is 19.3 Å². The number of halogens is 1. The van der Waals surface area contributed by atoms with E-state index in [4.69, 9.17) is 10.5 Å². The quantitative estimate of drug-likeness (QED) is 0.625. The van der Waals surface area contributed by atoms with Gasteiger partial charge in [-0.25, -0.2) is 13.1 Å². The Morgan fingerprint density at radius 3 is 2.37 bits per heavy atom. The zero-order chi connectivity index (χ0) is 19.2. The fraction of sp³-hybridized carbons (Fsp3) is 0.611. The molecule has 9 heteroatoms. The van der Waals surface area contributed by atoms with Gasteiger partial charge in [-0.15, -0.1) is 12.4 Å². The number of hydrogen-bond acceptors (Lipinski definition) is 5. The highest BCUT2D eigenvalue weighted by atomic mass is 35.5. The van der Waals surface area contributed by atoms with Crippen molar-refractivity contribution >= 4 is 28.3 Å². The monoisotopic (exact) mass is 419 g/mol. The van der Waals surface area contributed by atoms with Crippen molar-refractivity contribution in [1.29, 1.82) is 0 Å². The van der Waals surface area contributed by atoms with Crippen molar-refractivity contribution in [2.45, 2.75) is 50.2 Å². The first-order valence-electron chi connectivity index (χ1n) is 9.07. The van der Waals surface area contributed by atoms with Crippen LogP contribution in [0.15, 0.2) is 29.2 Å². The lowest BCUT2D eigenvalue weighted by Gasteiger charge is -2.32. The van der Waals surface area contributed by atoms with E-state index in [1.165, 1.54) is 12.1 Å². The van der Waals surface area contributed by atoms with Crippen molar-refractivity contribution in [1.82, 2.24) is 9.62 Å². The van der Waals surface area contributed by atoms with Gasteiger partial charge in [-0.3, -0.25) is 4.79 Å². The zero-order valence-corrected chi connectivity index (χ0v) is 17.5. The van der Waals surface area contributed by atoms with Gasteiger partial charge in [0.05, 0.1) is 11.0 Å². The van der Waals surface area contributed by atoms with Crippen molar-refractivity contribution in [3.8, 4) is 0 Å². The van der Waals surface area contributed by atoms with E-state index in [1.807, 2.05) is 0 Å². The molecule has 27 heavy (non-hydrogen) atoms. The van der Waals surface area contributed by atoms with Gasteiger partial charge in [-0.05, 0) is 63.9 Å². The lowest BCUT2D eigenvalue weighted by molar-refractivity contribution is 0.00844. The minimum Gasteiger partial charge on any atom is -0.378 e. The molecule has 1 aliphatic heterocycles. The van der Waals surface area contributed by atoms with Crippen LogP contribution in [0.4, 0.5) is 0 Å². The van der Waals surface area contributed by atoms with Crippen LogP contribution >= 0.6 is 12.4 Å². The molecule has 0 aliphatic carbocycles. The maximum Gasteiger partial charge on any atom is 0.253 e. The molecule has 7 nitrogen and oxygen atoms in total. The molecule has 154 valence electrons. The van der Waals surface area contributed by atoms with E-state index in [-0.39, 0.29) is 35.4 Å². The summed E-state index contributed by atoms with van der Waals surface area (Å²) in [4.78, 5) is 14.6. The standard InChI is InChI=1S/C18H29N3O4S.ClH/c1-14(2)20-26(23,24)17-6-4-15(5-7-17)18(22)21-11-8-16(9-12-21)25-13-3-10-19;/h4-7,14,16,20H,3,8-13,19H2,1-2H3;1H. The fourth-order valence-electron chi connectivity index (χ4n) is 2.90. The number of sulfonamides is 1. The first kappa shape index (κ1) is 23.8. The van der Waals surface area contributed by atoms with Gasteiger partial charge in [-0.1, -0.05) is 0 Å². The Morgan fingerprint density at radius 2 is 1.85 bits per heavy atom. The zero-order valence-electron chi connectivity index (χ0n) is 15.9. The molecule has 1 aromatic rings. The van der Waals surface area contributed by atoms with E-state index >= 15 is 0 Å². The summed E-state index contributed by atoms with van der Waals surface area (Å²) in [5.41, 5.74) is 5.95. The molecular weight excluding hydrogens is 390 g/mol. The first-order chi connectivity index (χ1) is 12.3. The number of ether oxygens (including phenoxy) is 1. The van der Waals surface area contributed by atoms with Crippen LogP contribution in [0.25, 0.3) is 0 Å². The average molecular weight is 420 g/mol. The molecule has 3 N–H and O–H groups in total. The number of nitrogens with two attached hydrogens (primary N) is 1. The summed E-state index contributed by atoms with van der Waals surface area (Å²) in [6.45, 7) is 6.09. The van der Waals surface area contributed by atoms with Crippen LogP contribution < -0.4 is 10.5 Å². The Balaban J connectivity index is 0.00000364. The predicted octanol–water partition coefficient (Wildman–Crippen LogP) is 1.77. The Hall–Kier alpha value is -1.19. The summed E-state index contributed by atoms with van der Waals surface area (Å²) < 4.78 is 32.6. The van der Waals surface area contributed by atoms with Crippen LogP contribution in [0, 0.1) is 0 Å². The van der Waals surface area contributed by atoms with Gasteiger partial charge in [-0.2, -0.15) is 0 Å². The highest BCUT2D eigenvalue weighted by Crippen LogP contribution is 2.18. The smallest absolute Gasteiger partial charge is 0.253 e. The molecule has 2 rings (SSSR count). The normalized spacial score (nSPS) is 15.6. The van der Waals surface area contributed by atoms with Gasteiger partial charge in [0.1, 0.15) is 0 Å². The minimum atomic E-state index is -3.55. The number of amides is 1. The van der Waals surface area contributed by atoms with Crippen molar-refractivity contribution in [2.75, 3.05) is 26.2 Å². The van der Waals surface area contributed by atoms with Crippen LogP contribution in [0.2, 0.25) is 0 Å². The summed E-state index contributed by atoms with van der Waals surface area (Å²) in [5.74, 6) is -0.0776. The molecule has 1 aliphatic rings. The van der Waals surface area contributed by atoms with E-state index in [0.29, 0.717) is 31.8 Å². The summed E-state index contributed by atoms with van der Waals surface area (Å²) >= 11 is 0. The Kier molecular flexibility index (Phi) is 9.69. The van der Waals surface area contributed by atoms with Crippen LogP contribution in [0.5, 0.6) is 0 Å². The number of carbonyl (C=O) groups excluding carboxylic acids is 1. The number of benzene rings is 1. The Labute approximate surface area is 168 Å². The van der Waals surface area contributed by atoms with Crippen LogP contribution in [0.1, 0.15) is 43.5 Å². The van der Waals surface area contributed by atoms with Gasteiger partial charge < -0.3 is 15.4 Å². The average Bonchev–Trinajstić information content (AvgIpc) is 2.61. The van der Waals surface area contributed by atoms with Crippen LogP contribution in [-0.4, -0.2) is 57.6 Å². The maximum absolute atomic E-state index is 12.6. The third-order valence-corrected chi connectivity index (χ3v) is 5.91. The number of piperidine rings is 1. The number of hydrogen-bond donors (Lipinski definition) is 2. The predicted molar refractivity (Wildman–Crippen MR) is 108 cm³/mol. The van der Waals surface area contributed by atoms with Crippen LogP contribution in [0.3, 0.4) is 0 Å². The molecule has 0 spiro atoms. The van der Waals surface area contributed by atoms with Crippen LogP contribution in [-0.2, 0) is 14.8 Å². The molecule has 0 bridgehead atoms. The molecule has 1 heterocycles. The Bertz CT molecular complexity index is 687. The lowest BCUT2D eigenvalue weighted by Crippen LogP contribution is -2.41. The number of nitrogens with zero attached hydrogens (tertiary/aromatic N) is 1. The highest BCUT2D eigenvalue weighted by Gasteiger charge is 2.24. The fourth-order valence-corrected chi connectivity index (χ4v) is 4.15. The van der Waals surface area contributed by atoms with Gasteiger partial charge >= 0.3 is 0 Å². The van der Waals surface area contributed by atoms with Gasteiger partial charge in [0, 0.05) is 31.3 Å². The van der Waals surface area contributed by atoms with Crippen molar-refractivity contribution < 1.29 is 17.9 Å². The summed E-state index contributed by atoms with van der Waals surface area (Å²) in [6.07, 6.45) is 2.64. The van der Waals surface area contributed by atoms with Crippen molar-refractivity contribution in [3.05, 3.63) is 29.8 Å². The second-order valence-corrected chi connectivity index (χ2v) is 8.52. The Morgan fingerprint density at radius 1 is 1.26 bits per heavy atom. The molecule has 0 saturated carbocycles. The summed E-state index contributed by atoms with van der Waals surface area (Å²) in [7, 11) is -3.55. The molecule has 0 aromatic heterocycles. The molecule has 1 fully saturated rings. The van der Waals surface area contributed by atoms with Crippen molar-refractivity contribution in [2.24, 2.45) is 5.73 Å². The molecule has 0 atom stereocenters. The molecule has 1 aromatic carbocycles. The summed E-state index contributed by atoms with van der Waals surface area (Å²) in [5, 5.41) is 0. The van der Waals surface area contributed by atoms with Gasteiger partial charge in [0.25, 0.3) is 5.91 Å². The third kappa shape index (κ3) is 7.04. The van der Waals surface area contributed by atoms with Crippen molar-refractivity contribution in [3.63, 3.8) is 0 Å². The first-order valence-corrected chi connectivity index (χ1v) is 10.5. The second kappa shape index (κ2) is 11.0. The highest BCUT2D eigenvalue weighted by molar-refractivity contribution is 7.89. The number of likely N-dealkylation sites (tertiary alicyclic amines) is 1. The molecule has 0 unspecified atom stereocenters. The second-order valence-electron chi connectivity index (χ2n) is 6.80. The molecule has 1 amide bonds. The SMILES string of the molecule is CC(C)NS(=O)(=O)c1ccc(C(=O)N2CCC(OCCCN)CC2)cc1.Cl. The van der Waals surface area contributed by atoms with Gasteiger partial charge in [0.2, 0.25) is 10.0 Å². The minimum absolute atomic E-state index is 0. The number of nitrogens with one attached hydrogen (secondary N) is 1.